The Bertz CT molecular complexity index is 922. The number of esters is 1. The number of carbonyl (C=O) groups excluding carboxylic acids is 2. The number of rotatable bonds is 6. The van der Waals surface area contributed by atoms with Crippen LogP contribution in [-0.2, 0) is 4.74 Å². The molecule has 0 aliphatic heterocycles. The van der Waals surface area contributed by atoms with E-state index in [1.807, 2.05) is 24.3 Å². The minimum Gasteiger partial charge on any atom is -0.456 e. The van der Waals surface area contributed by atoms with E-state index < -0.39 is 5.97 Å². The minimum atomic E-state index is -0.614. The fraction of sp³-hybridized carbons (Fsp3) is 0.0476. The van der Waals surface area contributed by atoms with E-state index in [1.54, 1.807) is 54.6 Å². The zero-order valence-corrected chi connectivity index (χ0v) is 15.3. The number of para-hydroxylation sites is 2. The molecule has 5 heteroatoms. The second-order valence-corrected chi connectivity index (χ2v) is 6.24. The second-order valence-electron chi connectivity index (χ2n) is 5.39. The highest BCUT2D eigenvalue weighted by Crippen LogP contribution is 2.25. The van der Waals surface area contributed by atoms with Gasteiger partial charge >= 0.3 is 5.97 Å². The molecule has 0 amide bonds. The summed E-state index contributed by atoms with van der Waals surface area (Å²) < 4.78 is 11.6. The van der Waals surface area contributed by atoms with Gasteiger partial charge in [0, 0.05) is 10.0 Å². The van der Waals surface area contributed by atoms with Gasteiger partial charge < -0.3 is 9.47 Å². The average Bonchev–Trinajstić information content (AvgIpc) is 2.67. The quantitative estimate of drug-likeness (QED) is 0.409. The maximum atomic E-state index is 12.4. The van der Waals surface area contributed by atoms with Crippen molar-refractivity contribution in [3.8, 4) is 11.5 Å². The van der Waals surface area contributed by atoms with Crippen molar-refractivity contribution >= 4 is 27.7 Å². The standard InChI is InChI=1S/C21H15BrO4/c22-18-12-6-4-10-16(18)19(23)14-25-21(24)17-11-5-7-13-20(17)26-15-8-2-1-3-9-15/h1-13H,14H2. The molecule has 0 fully saturated rings. The van der Waals surface area contributed by atoms with Crippen molar-refractivity contribution in [1.82, 2.24) is 0 Å². The Morgan fingerprint density at radius 3 is 2.12 bits per heavy atom. The maximum Gasteiger partial charge on any atom is 0.342 e. The first-order chi connectivity index (χ1) is 12.6. The van der Waals surface area contributed by atoms with Crippen LogP contribution in [0, 0.1) is 0 Å². The largest absolute Gasteiger partial charge is 0.456 e. The fourth-order valence-corrected chi connectivity index (χ4v) is 2.82. The van der Waals surface area contributed by atoms with E-state index in [2.05, 4.69) is 15.9 Å². The smallest absolute Gasteiger partial charge is 0.342 e. The number of ketones is 1. The van der Waals surface area contributed by atoms with Crippen LogP contribution >= 0.6 is 15.9 Å². The van der Waals surface area contributed by atoms with E-state index >= 15 is 0 Å². The van der Waals surface area contributed by atoms with Crippen molar-refractivity contribution in [1.29, 1.82) is 0 Å². The molecule has 26 heavy (non-hydrogen) atoms. The van der Waals surface area contributed by atoms with Gasteiger partial charge in [0.05, 0.1) is 0 Å². The summed E-state index contributed by atoms with van der Waals surface area (Å²) in [4.78, 5) is 24.6. The summed E-state index contributed by atoms with van der Waals surface area (Å²) in [5.41, 5.74) is 0.727. The molecule has 0 spiro atoms. The monoisotopic (exact) mass is 410 g/mol. The van der Waals surface area contributed by atoms with Gasteiger partial charge in [-0.2, -0.15) is 0 Å². The summed E-state index contributed by atoms with van der Waals surface area (Å²) in [6.45, 7) is -0.346. The lowest BCUT2D eigenvalue weighted by atomic mass is 10.1. The Morgan fingerprint density at radius 1 is 0.769 bits per heavy atom. The summed E-state index contributed by atoms with van der Waals surface area (Å²) >= 11 is 3.32. The molecule has 130 valence electrons. The number of hydrogen-bond acceptors (Lipinski definition) is 4. The Balaban J connectivity index is 1.70. The van der Waals surface area contributed by atoms with E-state index in [4.69, 9.17) is 9.47 Å². The van der Waals surface area contributed by atoms with Crippen LogP contribution in [0.5, 0.6) is 11.5 Å². The van der Waals surface area contributed by atoms with E-state index in [-0.39, 0.29) is 18.0 Å². The van der Waals surface area contributed by atoms with Crippen molar-refractivity contribution < 1.29 is 19.1 Å². The van der Waals surface area contributed by atoms with Crippen LogP contribution in [0.2, 0.25) is 0 Å². The molecule has 0 saturated heterocycles. The molecule has 0 aromatic heterocycles. The van der Waals surface area contributed by atoms with E-state index in [0.29, 0.717) is 21.5 Å². The molecule has 3 aromatic carbocycles. The van der Waals surface area contributed by atoms with Crippen molar-refractivity contribution in [3.63, 3.8) is 0 Å². The van der Waals surface area contributed by atoms with Gasteiger partial charge in [-0.25, -0.2) is 4.79 Å². The summed E-state index contributed by atoms with van der Waals surface area (Å²) in [6.07, 6.45) is 0. The second kappa shape index (κ2) is 8.45. The fourth-order valence-electron chi connectivity index (χ4n) is 2.31. The molecular formula is C21H15BrO4. The Hall–Kier alpha value is -2.92. The Labute approximate surface area is 159 Å². The Kier molecular flexibility index (Phi) is 5.81. The molecule has 0 saturated carbocycles. The highest BCUT2D eigenvalue weighted by molar-refractivity contribution is 9.10. The number of ether oxygens (including phenoxy) is 2. The van der Waals surface area contributed by atoms with Crippen LogP contribution in [0.4, 0.5) is 0 Å². The first-order valence-electron chi connectivity index (χ1n) is 7.92. The lowest BCUT2D eigenvalue weighted by Crippen LogP contribution is -2.15. The molecule has 0 heterocycles. The SMILES string of the molecule is O=C(COC(=O)c1ccccc1Oc1ccccc1)c1ccccc1Br. The van der Waals surface area contributed by atoms with Crippen molar-refractivity contribution in [2.75, 3.05) is 6.61 Å². The zero-order chi connectivity index (χ0) is 18.4. The first kappa shape index (κ1) is 17.9. The maximum absolute atomic E-state index is 12.4. The van der Waals surface area contributed by atoms with Crippen molar-refractivity contribution in [3.05, 3.63) is 94.5 Å². The third kappa shape index (κ3) is 4.37. The van der Waals surface area contributed by atoms with Crippen molar-refractivity contribution in [2.45, 2.75) is 0 Å². The van der Waals surface area contributed by atoms with E-state index in [9.17, 15) is 9.59 Å². The van der Waals surface area contributed by atoms with Gasteiger partial charge in [-0.15, -0.1) is 0 Å². The molecule has 0 aliphatic carbocycles. The van der Waals surface area contributed by atoms with Gasteiger partial charge in [0.15, 0.2) is 6.61 Å². The van der Waals surface area contributed by atoms with Crippen molar-refractivity contribution in [2.24, 2.45) is 0 Å². The number of Topliss-reactive ketones (excluding diaryl/α,β-unsaturated/α-hetero) is 1. The van der Waals surface area contributed by atoms with Gasteiger partial charge in [-0.05, 0) is 30.3 Å². The number of halogens is 1. The molecule has 3 rings (SSSR count). The molecule has 0 atom stereocenters. The molecule has 4 nitrogen and oxygen atoms in total. The first-order valence-corrected chi connectivity index (χ1v) is 8.71. The summed E-state index contributed by atoms with van der Waals surface area (Å²) in [7, 11) is 0. The number of hydrogen-bond donors (Lipinski definition) is 0. The van der Waals surface area contributed by atoms with Crippen LogP contribution in [0.15, 0.2) is 83.3 Å². The summed E-state index contributed by atoms with van der Waals surface area (Å²) in [6, 6.07) is 22.9. The lowest BCUT2D eigenvalue weighted by molar-refractivity contribution is 0.0472. The van der Waals surface area contributed by atoms with E-state index in [1.165, 1.54) is 0 Å². The predicted molar refractivity (Wildman–Crippen MR) is 102 cm³/mol. The number of carbonyl (C=O) groups is 2. The average molecular weight is 411 g/mol. The molecule has 0 bridgehead atoms. The Morgan fingerprint density at radius 2 is 1.38 bits per heavy atom. The molecule has 0 unspecified atom stereocenters. The van der Waals surface area contributed by atoms with Crippen LogP contribution in [0.3, 0.4) is 0 Å². The highest BCUT2D eigenvalue weighted by atomic mass is 79.9. The highest BCUT2D eigenvalue weighted by Gasteiger charge is 2.17. The topological polar surface area (TPSA) is 52.6 Å². The van der Waals surface area contributed by atoms with E-state index in [0.717, 1.165) is 0 Å². The predicted octanol–water partition coefficient (Wildman–Crippen LogP) is 5.28. The molecular weight excluding hydrogens is 396 g/mol. The van der Waals surface area contributed by atoms with Gasteiger partial charge in [-0.1, -0.05) is 64.5 Å². The molecule has 0 N–H and O–H groups in total. The van der Waals surface area contributed by atoms with Gasteiger partial charge in [-0.3, -0.25) is 4.79 Å². The third-order valence-corrected chi connectivity index (χ3v) is 4.28. The lowest BCUT2D eigenvalue weighted by Gasteiger charge is -2.11. The third-order valence-electron chi connectivity index (χ3n) is 3.59. The zero-order valence-electron chi connectivity index (χ0n) is 13.7. The van der Waals surface area contributed by atoms with Crippen LogP contribution < -0.4 is 4.74 Å². The number of benzene rings is 3. The summed E-state index contributed by atoms with van der Waals surface area (Å²) in [5.74, 6) is 0.0818. The summed E-state index contributed by atoms with van der Waals surface area (Å²) in [5, 5.41) is 0. The normalized spacial score (nSPS) is 10.2. The van der Waals surface area contributed by atoms with Crippen LogP contribution in [0.1, 0.15) is 20.7 Å². The van der Waals surface area contributed by atoms with Gasteiger partial charge in [0.1, 0.15) is 17.1 Å². The molecule has 0 radical (unpaired) electrons. The van der Waals surface area contributed by atoms with Crippen LogP contribution in [0.25, 0.3) is 0 Å². The molecule has 3 aromatic rings. The van der Waals surface area contributed by atoms with Gasteiger partial charge in [0.25, 0.3) is 0 Å². The minimum absolute atomic E-state index is 0.260. The van der Waals surface area contributed by atoms with Gasteiger partial charge in [0.2, 0.25) is 5.78 Å². The van der Waals surface area contributed by atoms with Crippen LogP contribution in [-0.4, -0.2) is 18.4 Å². The molecule has 0 aliphatic rings.